The van der Waals surface area contributed by atoms with Crippen LogP contribution in [0.15, 0.2) is 36.5 Å². The van der Waals surface area contributed by atoms with Crippen molar-refractivity contribution < 1.29 is 0 Å². The van der Waals surface area contributed by atoms with E-state index in [4.69, 9.17) is 0 Å². The monoisotopic (exact) mass is 241 g/mol. The van der Waals surface area contributed by atoms with Crippen LogP contribution in [0.25, 0.3) is 20.3 Å². The second kappa shape index (κ2) is 3.54. The molecule has 1 nitrogen and oxygen atoms in total. The van der Waals surface area contributed by atoms with Gasteiger partial charge in [-0.3, -0.25) is 0 Å². The molecule has 86 valence electrons. The smallest absolute Gasteiger partial charge is 0.124 e. The first-order chi connectivity index (χ1) is 8.07. The summed E-state index contributed by atoms with van der Waals surface area (Å²) in [7, 11) is 0. The van der Waals surface area contributed by atoms with E-state index in [-0.39, 0.29) is 5.41 Å². The van der Waals surface area contributed by atoms with Gasteiger partial charge in [-0.15, -0.1) is 11.3 Å². The van der Waals surface area contributed by atoms with Crippen LogP contribution in [0.4, 0.5) is 0 Å². The molecule has 0 aliphatic heterocycles. The first-order valence-corrected chi connectivity index (χ1v) is 6.66. The number of pyridine rings is 1. The third kappa shape index (κ3) is 1.64. The summed E-state index contributed by atoms with van der Waals surface area (Å²) in [6.45, 7) is 6.79. The molecule has 0 aliphatic rings. The van der Waals surface area contributed by atoms with Crippen molar-refractivity contribution in [2.24, 2.45) is 0 Å². The van der Waals surface area contributed by atoms with Crippen LogP contribution < -0.4 is 0 Å². The van der Waals surface area contributed by atoms with Crippen molar-refractivity contribution in [2.45, 2.75) is 26.2 Å². The highest BCUT2D eigenvalue weighted by Gasteiger charge is 2.18. The molecule has 3 rings (SSSR count). The standard InChI is InChI=1S/C15H15NS/c1-15(2,3)12-8-4-6-10-11-7-5-9-16-14(11)17-13(10)12/h4-9H,1-3H3. The van der Waals surface area contributed by atoms with Gasteiger partial charge in [0.15, 0.2) is 0 Å². The predicted molar refractivity (Wildman–Crippen MR) is 75.8 cm³/mol. The highest BCUT2D eigenvalue weighted by Crippen LogP contribution is 2.38. The third-order valence-corrected chi connectivity index (χ3v) is 4.25. The molecule has 0 spiro atoms. The molecule has 0 radical (unpaired) electrons. The molecule has 17 heavy (non-hydrogen) atoms. The zero-order chi connectivity index (χ0) is 12.0. The Balaban J connectivity index is 2.48. The maximum atomic E-state index is 4.46. The van der Waals surface area contributed by atoms with Gasteiger partial charge in [0, 0.05) is 21.7 Å². The second-order valence-electron chi connectivity index (χ2n) is 5.39. The Bertz CT molecular complexity index is 689. The number of benzene rings is 1. The van der Waals surface area contributed by atoms with Gasteiger partial charge in [-0.05, 0) is 23.1 Å². The Morgan fingerprint density at radius 3 is 2.53 bits per heavy atom. The fourth-order valence-electron chi connectivity index (χ4n) is 2.22. The van der Waals surface area contributed by atoms with Crippen LogP contribution in [0.3, 0.4) is 0 Å². The molecule has 0 bridgehead atoms. The maximum Gasteiger partial charge on any atom is 0.124 e. The van der Waals surface area contributed by atoms with Crippen molar-refractivity contribution in [3.8, 4) is 0 Å². The molecule has 2 heterocycles. The van der Waals surface area contributed by atoms with Gasteiger partial charge in [0.1, 0.15) is 4.83 Å². The predicted octanol–water partition coefficient (Wildman–Crippen LogP) is 4.75. The number of hydrogen-bond acceptors (Lipinski definition) is 2. The van der Waals surface area contributed by atoms with E-state index in [0.717, 1.165) is 4.83 Å². The van der Waals surface area contributed by atoms with Crippen molar-refractivity contribution in [3.63, 3.8) is 0 Å². The summed E-state index contributed by atoms with van der Waals surface area (Å²) in [4.78, 5) is 5.60. The van der Waals surface area contributed by atoms with E-state index < -0.39 is 0 Å². The van der Waals surface area contributed by atoms with Gasteiger partial charge in [-0.1, -0.05) is 39.0 Å². The van der Waals surface area contributed by atoms with Gasteiger partial charge in [0.2, 0.25) is 0 Å². The average Bonchev–Trinajstić information content (AvgIpc) is 2.65. The zero-order valence-electron chi connectivity index (χ0n) is 10.3. The molecule has 0 aliphatic carbocycles. The minimum absolute atomic E-state index is 0.181. The first kappa shape index (κ1) is 10.7. The van der Waals surface area contributed by atoms with Crippen molar-refractivity contribution >= 4 is 31.6 Å². The summed E-state index contributed by atoms with van der Waals surface area (Å²) in [6, 6.07) is 10.8. The van der Waals surface area contributed by atoms with Crippen molar-refractivity contribution in [1.82, 2.24) is 4.98 Å². The number of hydrogen-bond donors (Lipinski definition) is 0. The van der Waals surface area contributed by atoms with Gasteiger partial charge in [-0.25, -0.2) is 4.98 Å². The molecule has 2 heteroatoms. The van der Waals surface area contributed by atoms with E-state index in [2.05, 4.69) is 50.0 Å². The fraction of sp³-hybridized carbons (Fsp3) is 0.267. The molecule has 0 atom stereocenters. The summed E-state index contributed by atoms with van der Waals surface area (Å²) in [5, 5.41) is 2.61. The van der Waals surface area contributed by atoms with Gasteiger partial charge >= 0.3 is 0 Å². The summed E-state index contributed by atoms with van der Waals surface area (Å²) in [5.74, 6) is 0. The number of nitrogens with zero attached hydrogens (tertiary/aromatic N) is 1. The van der Waals surface area contributed by atoms with E-state index in [9.17, 15) is 0 Å². The normalized spacial score (nSPS) is 12.4. The van der Waals surface area contributed by atoms with E-state index in [0.29, 0.717) is 0 Å². The van der Waals surface area contributed by atoms with E-state index in [1.54, 1.807) is 11.3 Å². The molecular formula is C15H15NS. The molecule has 1 aromatic carbocycles. The van der Waals surface area contributed by atoms with Crippen LogP contribution in [0.1, 0.15) is 26.3 Å². The van der Waals surface area contributed by atoms with E-state index in [1.165, 1.54) is 21.0 Å². The zero-order valence-corrected chi connectivity index (χ0v) is 11.1. The molecule has 3 aromatic rings. The van der Waals surface area contributed by atoms with E-state index >= 15 is 0 Å². The lowest BCUT2D eigenvalue weighted by molar-refractivity contribution is 0.597. The number of aromatic nitrogens is 1. The topological polar surface area (TPSA) is 12.9 Å². The second-order valence-corrected chi connectivity index (χ2v) is 6.39. The number of rotatable bonds is 0. The molecular weight excluding hydrogens is 226 g/mol. The lowest BCUT2D eigenvalue weighted by atomic mass is 9.86. The van der Waals surface area contributed by atoms with Crippen LogP contribution in [0, 0.1) is 0 Å². The van der Waals surface area contributed by atoms with Crippen molar-refractivity contribution in [1.29, 1.82) is 0 Å². The van der Waals surface area contributed by atoms with Crippen LogP contribution in [-0.4, -0.2) is 4.98 Å². The van der Waals surface area contributed by atoms with Crippen LogP contribution >= 0.6 is 11.3 Å². The average molecular weight is 241 g/mol. The highest BCUT2D eigenvalue weighted by molar-refractivity contribution is 7.25. The lowest BCUT2D eigenvalue weighted by Crippen LogP contribution is -2.10. The minimum atomic E-state index is 0.181. The minimum Gasteiger partial charge on any atom is -0.245 e. The molecule has 0 unspecified atom stereocenters. The van der Waals surface area contributed by atoms with Crippen LogP contribution in [0.5, 0.6) is 0 Å². The van der Waals surface area contributed by atoms with Gasteiger partial charge < -0.3 is 0 Å². The molecule has 0 amide bonds. The van der Waals surface area contributed by atoms with Crippen molar-refractivity contribution in [3.05, 3.63) is 42.1 Å². The van der Waals surface area contributed by atoms with Gasteiger partial charge in [0.25, 0.3) is 0 Å². The SMILES string of the molecule is CC(C)(C)c1cccc2c1sc1ncccc12. The Morgan fingerprint density at radius 2 is 1.76 bits per heavy atom. The summed E-state index contributed by atoms with van der Waals surface area (Å²) in [6.07, 6.45) is 1.87. The largest absolute Gasteiger partial charge is 0.245 e. The highest BCUT2D eigenvalue weighted by atomic mass is 32.1. The molecule has 0 fully saturated rings. The quantitative estimate of drug-likeness (QED) is 0.553. The molecule has 0 saturated carbocycles. The Labute approximate surface area is 105 Å². The van der Waals surface area contributed by atoms with E-state index in [1.807, 2.05) is 12.3 Å². The van der Waals surface area contributed by atoms with Gasteiger partial charge in [0.05, 0.1) is 0 Å². The Hall–Kier alpha value is -1.41. The molecule has 0 N–H and O–H groups in total. The third-order valence-electron chi connectivity index (χ3n) is 3.08. The Kier molecular flexibility index (Phi) is 2.23. The van der Waals surface area contributed by atoms with Gasteiger partial charge in [-0.2, -0.15) is 0 Å². The number of thiophene rings is 1. The molecule has 2 aromatic heterocycles. The lowest BCUT2D eigenvalue weighted by Gasteiger charge is -2.19. The Morgan fingerprint density at radius 1 is 1.00 bits per heavy atom. The number of fused-ring (bicyclic) bond motifs is 3. The summed E-state index contributed by atoms with van der Waals surface area (Å²) >= 11 is 1.80. The first-order valence-electron chi connectivity index (χ1n) is 5.84. The van der Waals surface area contributed by atoms with Crippen molar-refractivity contribution in [2.75, 3.05) is 0 Å². The summed E-state index contributed by atoms with van der Waals surface area (Å²) < 4.78 is 1.38. The summed E-state index contributed by atoms with van der Waals surface area (Å²) in [5.41, 5.74) is 1.60. The van der Waals surface area contributed by atoms with Crippen LogP contribution in [-0.2, 0) is 5.41 Å². The maximum absolute atomic E-state index is 4.46. The fourth-order valence-corrected chi connectivity index (χ4v) is 3.59. The molecule has 0 saturated heterocycles. The van der Waals surface area contributed by atoms with Crippen LogP contribution in [0.2, 0.25) is 0 Å².